The summed E-state index contributed by atoms with van der Waals surface area (Å²) >= 11 is 0. The first-order valence-corrected chi connectivity index (χ1v) is 6.38. The molecule has 1 aromatic rings. The zero-order valence-electron chi connectivity index (χ0n) is 11.0. The molecular formula is C14H23NO3. The van der Waals surface area contributed by atoms with Crippen LogP contribution in [0.5, 0.6) is 5.75 Å². The van der Waals surface area contributed by atoms with Gasteiger partial charge in [0.1, 0.15) is 5.75 Å². The van der Waals surface area contributed by atoms with Gasteiger partial charge in [0.05, 0.1) is 13.2 Å². The SMILES string of the molecule is COCC(CCO)NCCCOc1ccccc1. The van der Waals surface area contributed by atoms with Crippen molar-refractivity contribution in [1.29, 1.82) is 0 Å². The summed E-state index contributed by atoms with van der Waals surface area (Å²) in [5.74, 6) is 0.904. The molecule has 0 radical (unpaired) electrons. The molecule has 4 heteroatoms. The minimum Gasteiger partial charge on any atom is -0.494 e. The Morgan fingerprint density at radius 3 is 2.72 bits per heavy atom. The smallest absolute Gasteiger partial charge is 0.119 e. The molecule has 0 spiro atoms. The van der Waals surface area contributed by atoms with Crippen molar-refractivity contribution in [2.75, 3.05) is 33.5 Å². The molecule has 0 saturated carbocycles. The third-order valence-corrected chi connectivity index (χ3v) is 2.61. The summed E-state index contributed by atoms with van der Waals surface area (Å²) in [7, 11) is 1.67. The van der Waals surface area contributed by atoms with Crippen LogP contribution in [0, 0.1) is 0 Å². The van der Waals surface area contributed by atoms with E-state index in [4.69, 9.17) is 14.6 Å². The second-order valence-corrected chi connectivity index (χ2v) is 4.13. The van der Waals surface area contributed by atoms with Gasteiger partial charge in [-0.3, -0.25) is 0 Å². The Balaban J connectivity index is 2.06. The summed E-state index contributed by atoms with van der Waals surface area (Å²) in [6, 6.07) is 10.0. The van der Waals surface area contributed by atoms with Gasteiger partial charge >= 0.3 is 0 Å². The van der Waals surface area contributed by atoms with Gasteiger partial charge in [-0.1, -0.05) is 18.2 Å². The minimum absolute atomic E-state index is 0.182. The number of hydrogen-bond acceptors (Lipinski definition) is 4. The number of hydrogen-bond donors (Lipinski definition) is 2. The van der Waals surface area contributed by atoms with Gasteiger partial charge in [0.15, 0.2) is 0 Å². The molecule has 0 fully saturated rings. The number of nitrogens with one attached hydrogen (secondary N) is 1. The molecule has 1 aromatic carbocycles. The van der Waals surface area contributed by atoms with Crippen LogP contribution in [0.2, 0.25) is 0 Å². The van der Waals surface area contributed by atoms with Crippen LogP contribution in [0.25, 0.3) is 0 Å². The topological polar surface area (TPSA) is 50.7 Å². The zero-order valence-corrected chi connectivity index (χ0v) is 11.0. The number of ether oxygens (including phenoxy) is 2. The summed E-state index contributed by atoms with van der Waals surface area (Å²) in [5, 5.41) is 12.2. The van der Waals surface area contributed by atoms with E-state index in [0.29, 0.717) is 19.6 Å². The van der Waals surface area contributed by atoms with Gasteiger partial charge in [-0.25, -0.2) is 0 Å². The zero-order chi connectivity index (χ0) is 13.1. The molecule has 0 aromatic heterocycles. The highest BCUT2D eigenvalue weighted by molar-refractivity contribution is 5.20. The van der Waals surface area contributed by atoms with Crippen molar-refractivity contribution >= 4 is 0 Å². The third-order valence-electron chi connectivity index (χ3n) is 2.61. The van der Waals surface area contributed by atoms with E-state index in [-0.39, 0.29) is 12.6 Å². The first-order chi connectivity index (χ1) is 8.86. The normalized spacial score (nSPS) is 12.3. The van der Waals surface area contributed by atoms with E-state index < -0.39 is 0 Å². The molecule has 0 bridgehead atoms. The van der Waals surface area contributed by atoms with E-state index in [9.17, 15) is 0 Å². The van der Waals surface area contributed by atoms with Crippen molar-refractivity contribution in [3.63, 3.8) is 0 Å². The van der Waals surface area contributed by atoms with E-state index >= 15 is 0 Å². The van der Waals surface area contributed by atoms with Crippen molar-refractivity contribution in [3.05, 3.63) is 30.3 Å². The third kappa shape index (κ3) is 6.59. The molecule has 1 atom stereocenters. The number of methoxy groups -OCH3 is 1. The summed E-state index contributed by atoms with van der Waals surface area (Å²) in [5.41, 5.74) is 0. The summed E-state index contributed by atoms with van der Waals surface area (Å²) in [6.07, 6.45) is 1.65. The highest BCUT2D eigenvalue weighted by atomic mass is 16.5. The van der Waals surface area contributed by atoms with Crippen molar-refractivity contribution in [2.24, 2.45) is 0 Å². The first kappa shape index (κ1) is 15.0. The molecule has 2 N–H and O–H groups in total. The van der Waals surface area contributed by atoms with Crippen molar-refractivity contribution in [3.8, 4) is 5.75 Å². The molecule has 0 aliphatic carbocycles. The number of para-hydroxylation sites is 1. The predicted molar refractivity (Wildman–Crippen MR) is 71.9 cm³/mol. The molecule has 102 valence electrons. The second kappa shape index (κ2) is 9.88. The Morgan fingerprint density at radius 2 is 2.06 bits per heavy atom. The van der Waals surface area contributed by atoms with E-state index in [2.05, 4.69) is 5.32 Å². The maximum atomic E-state index is 8.89. The lowest BCUT2D eigenvalue weighted by atomic mass is 10.2. The number of benzene rings is 1. The van der Waals surface area contributed by atoms with Crippen molar-refractivity contribution in [1.82, 2.24) is 5.32 Å². The maximum absolute atomic E-state index is 8.89. The van der Waals surface area contributed by atoms with Crippen LogP contribution in [-0.2, 0) is 4.74 Å². The minimum atomic E-state index is 0.182. The average Bonchev–Trinajstić information content (AvgIpc) is 2.40. The highest BCUT2D eigenvalue weighted by Gasteiger charge is 2.05. The van der Waals surface area contributed by atoms with Gasteiger partial charge < -0.3 is 19.9 Å². The lowest BCUT2D eigenvalue weighted by molar-refractivity contribution is 0.147. The Bertz CT molecular complexity index is 286. The maximum Gasteiger partial charge on any atom is 0.119 e. The number of aliphatic hydroxyl groups is 1. The quantitative estimate of drug-likeness (QED) is 0.620. The van der Waals surface area contributed by atoms with Crippen LogP contribution < -0.4 is 10.1 Å². The molecule has 0 aliphatic heterocycles. The standard InChI is InChI=1S/C14H23NO3/c1-17-12-13(8-10-16)15-9-5-11-18-14-6-3-2-4-7-14/h2-4,6-7,13,15-16H,5,8-12H2,1H3. The van der Waals surface area contributed by atoms with Crippen LogP contribution in [0.3, 0.4) is 0 Å². The Kier molecular flexibility index (Phi) is 8.21. The lowest BCUT2D eigenvalue weighted by Gasteiger charge is -2.16. The summed E-state index contributed by atoms with van der Waals surface area (Å²) in [6.45, 7) is 2.36. The van der Waals surface area contributed by atoms with Crippen LogP contribution in [-0.4, -0.2) is 44.6 Å². The Labute approximate surface area is 109 Å². The molecule has 1 rings (SSSR count). The molecule has 4 nitrogen and oxygen atoms in total. The van der Waals surface area contributed by atoms with Gasteiger partial charge in [0, 0.05) is 19.8 Å². The molecule has 18 heavy (non-hydrogen) atoms. The van der Waals surface area contributed by atoms with Crippen molar-refractivity contribution < 1.29 is 14.6 Å². The molecule has 0 heterocycles. The van der Waals surface area contributed by atoms with E-state index in [1.54, 1.807) is 7.11 Å². The van der Waals surface area contributed by atoms with Crippen molar-refractivity contribution in [2.45, 2.75) is 18.9 Å². The number of aliphatic hydroxyl groups excluding tert-OH is 1. The fourth-order valence-corrected chi connectivity index (χ4v) is 1.69. The molecule has 0 aliphatic rings. The van der Waals surface area contributed by atoms with Gasteiger partial charge in [-0.15, -0.1) is 0 Å². The largest absolute Gasteiger partial charge is 0.494 e. The molecular weight excluding hydrogens is 230 g/mol. The van der Waals surface area contributed by atoms with Gasteiger partial charge in [-0.05, 0) is 31.5 Å². The monoisotopic (exact) mass is 253 g/mol. The highest BCUT2D eigenvalue weighted by Crippen LogP contribution is 2.08. The fourth-order valence-electron chi connectivity index (χ4n) is 1.69. The lowest BCUT2D eigenvalue weighted by Crippen LogP contribution is -2.35. The van der Waals surface area contributed by atoms with Gasteiger partial charge in [0.2, 0.25) is 0 Å². The van der Waals surface area contributed by atoms with Crippen LogP contribution >= 0.6 is 0 Å². The van der Waals surface area contributed by atoms with Gasteiger partial charge in [0.25, 0.3) is 0 Å². The van der Waals surface area contributed by atoms with Gasteiger partial charge in [-0.2, -0.15) is 0 Å². The van der Waals surface area contributed by atoms with E-state index in [1.807, 2.05) is 30.3 Å². The van der Waals surface area contributed by atoms with Crippen LogP contribution in [0.4, 0.5) is 0 Å². The Hall–Kier alpha value is -1.10. The predicted octanol–water partition coefficient (Wildman–Crippen LogP) is 1.44. The number of rotatable bonds is 10. The van der Waals surface area contributed by atoms with E-state index in [0.717, 1.165) is 18.7 Å². The summed E-state index contributed by atoms with van der Waals surface area (Å²) < 4.78 is 10.7. The first-order valence-electron chi connectivity index (χ1n) is 6.38. The summed E-state index contributed by atoms with van der Waals surface area (Å²) in [4.78, 5) is 0. The molecule has 1 unspecified atom stereocenters. The fraction of sp³-hybridized carbons (Fsp3) is 0.571. The molecule has 0 saturated heterocycles. The Morgan fingerprint density at radius 1 is 1.28 bits per heavy atom. The van der Waals surface area contributed by atoms with E-state index in [1.165, 1.54) is 0 Å². The molecule has 0 amide bonds. The second-order valence-electron chi connectivity index (χ2n) is 4.13. The van der Waals surface area contributed by atoms with Crippen LogP contribution in [0.15, 0.2) is 30.3 Å². The van der Waals surface area contributed by atoms with Crippen LogP contribution in [0.1, 0.15) is 12.8 Å². The average molecular weight is 253 g/mol.